The van der Waals surface area contributed by atoms with Crippen molar-refractivity contribution in [1.82, 2.24) is 25.4 Å². The molecule has 2 aromatic carbocycles. The van der Waals surface area contributed by atoms with Gasteiger partial charge in [0.1, 0.15) is 5.82 Å². The van der Waals surface area contributed by atoms with Gasteiger partial charge in [-0.05, 0) is 42.8 Å². The lowest BCUT2D eigenvalue weighted by atomic mass is 10.0. The minimum absolute atomic E-state index is 0.0586. The molecular weight excluding hydrogens is 449 g/mol. The predicted octanol–water partition coefficient (Wildman–Crippen LogP) is 2.94. The van der Waals surface area contributed by atoms with Crippen molar-refractivity contribution < 1.29 is 14.0 Å². The van der Waals surface area contributed by atoms with Crippen LogP contribution >= 0.6 is 0 Å². The zero-order valence-corrected chi connectivity index (χ0v) is 19.1. The minimum atomic E-state index is -0.629. The van der Waals surface area contributed by atoms with Gasteiger partial charge in [-0.1, -0.05) is 24.3 Å². The fraction of sp³-hybridized carbons (Fsp3) is 0.192. The number of H-pyrrole nitrogens is 1. The van der Waals surface area contributed by atoms with E-state index in [1.165, 1.54) is 23.2 Å². The summed E-state index contributed by atoms with van der Waals surface area (Å²) < 4.78 is 14.6. The average Bonchev–Trinajstić information content (AvgIpc) is 2.89. The molecule has 35 heavy (non-hydrogen) atoms. The summed E-state index contributed by atoms with van der Waals surface area (Å²) in [5.41, 5.74) is 1.38. The van der Waals surface area contributed by atoms with Gasteiger partial charge in [0.05, 0.1) is 22.2 Å². The molecule has 2 aromatic heterocycles. The lowest BCUT2D eigenvalue weighted by molar-refractivity contribution is 0.0752. The molecule has 0 aliphatic rings. The van der Waals surface area contributed by atoms with Crippen LogP contribution < -0.4 is 10.9 Å². The Morgan fingerprint density at radius 2 is 1.89 bits per heavy atom. The molecule has 0 aliphatic carbocycles. The van der Waals surface area contributed by atoms with Crippen LogP contribution in [0.15, 0.2) is 71.8 Å². The number of fused-ring (bicyclic) bond motifs is 1. The highest BCUT2D eigenvalue weighted by Crippen LogP contribution is 2.19. The van der Waals surface area contributed by atoms with E-state index in [1.54, 1.807) is 49.5 Å². The fourth-order valence-corrected chi connectivity index (χ4v) is 3.82. The number of rotatable bonds is 8. The van der Waals surface area contributed by atoms with Crippen molar-refractivity contribution in [3.05, 3.63) is 106 Å². The molecule has 0 saturated carbocycles. The summed E-state index contributed by atoms with van der Waals surface area (Å²) in [6.45, 7) is 2.56. The highest BCUT2D eigenvalue weighted by atomic mass is 19.1. The molecule has 0 spiro atoms. The number of pyridine rings is 1. The van der Waals surface area contributed by atoms with Crippen LogP contribution in [0.25, 0.3) is 10.8 Å². The Morgan fingerprint density at radius 1 is 1.09 bits per heavy atom. The van der Waals surface area contributed by atoms with E-state index in [-0.39, 0.29) is 30.1 Å². The molecule has 0 atom stereocenters. The van der Waals surface area contributed by atoms with Crippen molar-refractivity contribution in [2.24, 2.45) is 0 Å². The van der Waals surface area contributed by atoms with E-state index in [0.29, 0.717) is 40.6 Å². The number of benzene rings is 2. The number of nitrogens with zero attached hydrogens (tertiary/aromatic N) is 3. The van der Waals surface area contributed by atoms with Gasteiger partial charge in [-0.15, -0.1) is 0 Å². The number of carbonyl (C=O) groups excluding carboxylic acids is 2. The number of halogens is 1. The number of amides is 2. The second kappa shape index (κ2) is 10.7. The molecule has 0 unspecified atom stereocenters. The molecule has 2 amide bonds. The van der Waals surface area contributed by atoms with Crippen molar-refractivity contribution in [3.63, 3.8) is 0 Å². The van der Waals surface area contributed by atoms with Gasteiger partial charge in [0.2, 0.25) is 0 Å². The number of hydrogen-bond donors (Lipinski definition) is 2. The van der Waals surface area contributed by atoms with Gasteiger partial charge in [0.25, 0.3) is 17.4 Å². The van der Waals surface area contributed by atoms with Crippen molar-refractivity contribution in [1.29, 1.82) is 0 Å². The molecular formula is C26H24FN5O3. The van der Waals surface area contributed by atoms with Crippen LogP contribution in [0.5, 0.6) is 0 Å². The molecule has 4 rings (SSSR count). The highest BCUT2D eigenvalue weighted by Gasteiger charge is 2.19. The molecule has 0 radical (unpaired) electrons. The zero-order valence-electron chi connectivity index (χ0n) is 19.1. The molecule has 2 N–H and O–H groups in total. The fourth-order valence-electron chi connectivity index (χ4n) is 3.82. The maximum Gasteiger partial charge on any atom is 0.272 e. The van der Waals surface area contributed by atoms with Gasteiger partial charge in [0, 0.05) is 43.8 Å². The van der Waals surface area contributed by atoms with Crippen LogP contribution in [0.3, 0.4) is 0 Å². The highest BCUT2D eigenvalue weighted by molar-refractivity contribution is 5.95. The number of aromatic amines is 1. The summed E-state index contributed by atoms with van der Waals surface area (Å²) in [6.07, 6.45) is 3.34. The topological polar surface area (TPSA) is 108 Å². The third-order valence-electron chi connectivity index (χ3n) is 5.67. The standard InChI is InChI=1S/C26H24FN5O3/c1-2-32(13-12-29-24(33)18-6-5-11-28-16-18)26(35)21-14-17(9-10-22(21)27)15-23-19-7-3-4-8-20(19)25(34)31-30-23/h3-11,14,16H,2,12-13,15H2,1H3,(H,29,33)(H,31,34). The quantitative estimate of drug-likeness (QED) is 0.409. The molecule has 9 heteroatoms. The first-order valence-electron chi connectivity index (χ1n) is 11.2. The van der Waals surface area contributed by atoms with Gasteiger partial charge in [-0.2, -0.15) is 5.10 Å². The summed E-state index contributed by atoms with van der Waals surface area (Å²) in [4.78, 5) is 42.7. The van der Waals surface area contributed by atoms with Crippen LogP contribution in [0.2, 0.25) is 0 Å². The Labute approximate surface area is 200 Å². The third-order valence-corrected chi connectivity index (χ3v) is 5.67. The Hall–Kier alpha value is -4.40. The lowest BCUT2D eigenvalue weighted by Gasteiger charge is -2.22. The van der Waals surface area contributed by atoms with Crippen molar-refractivity contribution in [2.75, 3.05) is 19.6 Å². The summed E-state index contributed by atoms with van der Waals surface area (Å²) >= 11 is 0. The normalized spacial score (nSPS) is 10.8. The molecule has 2 heterocycles. The van der Waals surface area contributed by atoms with Gasteiger partial charge >= 0.3 is 0 Å². The van der Waals surface area contributed by atoms with E-state index >= 15 is 0 Å². The molecule has 4 aromatic rings. The maximum atomic E-state index is 14.6. The molecule has 0 saturated heterocycles. The second-order valence-electron chi connectivity index (χ2n) is 7.92. The first-order valence-corrected chi connectivity index (χ1v) is 11.2. The lowest BCUT2D eigenvalue weighted by Crippen LogP contribution is -2.38. The van der Waals surface area contributed by atoms with Crippen LogP contribution in [-0.2, 0) is 6.42 Å². The monoisotopic (exact) mass is 473 g/mol. The smallest absolute Gasteiger partial charge is 0.272 e. The average molecular weight is 474 g/mol. The second-order valence-corrected chi connectivity index (χ2v) is 7.92. The number of likely N-dealkylation sites (N-methyl/N-ethyl adjacent to an activating group) is 1. The van der Waals surface area contributed by atoms with Crippen LogP contribution in [0.4, 0.5) is 4.39 Å². The summed E-state index contributed by atoms with van der Waals surface area (Å²) in [7, 11) is 0. The Kier molecular flexibility index (Phi) is 7.25. The van der Waals surface area contributed by atoms with Gasteiger partial charge < -0.3 is 10.2 Å². The van der Waals surface area contributed by atoms with Crippen molar-refractivity contribution in [2.45, 2.75) is 13.3 Å². The largest absolute Gasteiger partial charge is 0.350 e. The molecule has 0 aliphatic heterocycles. The van der Waals surface area contributed by atoms with E-state index in [2.05, 4.69) is 20.5 Å². The van der Waals surface area contributed by atoms with E-state index in [1.807, 2.05) is 6.07 Å². The van der Waals surface area contributed by atoms with Gasteiger partial charge in [0.15, 0.2) is 0 Å². The van der Waals surface area contributed by atoms with Crippen LogP contribution in [0, 0.1) is 5.82 Å². The zero-order chi connectivity index (χ0) is 24.8. The van der Waals surface area contributed by atoms with Crippen LogP contribution in [-0.4, -0.2) is 51.5 Å². The molecule has 8 nitrogen and oxygen atoms in total. The van der Waals surface area contributed by atoms with Crippen molar-refractivity contribution in [3.8, 4) is 0 Å². The van der Waals surface area contributed by atoms with Gasteiger partial charge in [-0.3, -0.25) is 19.4 Å². The maximum absolute atomic E-state index is 14.6. The number of carbonyl (C=O) groups is 2. The summed E-state index contributed by atoms with van der Waals surface area (Å²) in [5.74, 6) is -1.40. The Morgan fingerprint density at radius 3 is 2.63 bits per heavy atom. The van der Waals surface area contributed by atoms with Gasteiger partial charge in [-0.25, -0.2) is 9.49 Å². The number of aromatic nitrogens is 3. The Bertz CT molecular complexity index is 1420. The van der Waals surface area contributed by atoms with E-state index in [9.17, 15) is 18.8 Å². The van der Waals surface area contributed by atoms with Crippen molar-refractivity contribution >= 4 is 22.6 Å². The first kappa shape index (κ1) is 23.7. The van der Waals surface area contributed by atoms with E-state index in [4.69, 9.17) is 0 Å². The summed E-state index contributed by atoms with van der Waals surface area (Å²) in [6, 6.07) is 14.8. The van der Waals surface area contributed by atoms with E-state index in [0.717, 1.165) is 0 Å². The minimum Gasteiger partial charge on any atom is -0.350 e. The number of hydrogen-bond acceptors (Lipinski definition) is 5. The Balaban J connectivity index is 1.48. The predicted molar refractivity (Wildman–Crippen MR) is 130 cm³/mol. The van der Waals surface area contributed by atoms with Crippen LogP contribution in [0.1, 0.15) is 38.9 Å². The molecule has 178 valence electrons. The SMILES string of the molecule is CCN(CCNC(=O)c1cccnc1)C(=O)c1cc(Cc2n[nH]c(=O)c3ccccc23)ccc1F. The number of nitrogens with one attached hydrogen (secondary N) is 2. The molecule has 0 fully saturated rings. The first-order chi connectivity index (χ1) is 17.0. The molecule has 0 bridgehead atoms. The van der Waals surface area contributed by atoms with E-state index < -0.39 is 11.7 Å². The third kappa shape index (κ3) is 5.40. The summed E-state index contributed by atoms with van der Waals surface area (Å²) in [5, 5.41) is 10.6.